The van der Waals surface area contributed by atoms with Gasteiger partial charge in [-0.3, -0.25) is 4.98 Å². The number of hydrogen-bond acceptors (Lipinski definition) is 5. The van der Waals surface area contributed by atoms with Gasteiger partial charge in [-0.15, -0.1) is 0 Å². The largest absolute Gasteiger partial charge is 0.478 e. The molecule has 6 heteroatoms. The Bertz CT molecular complexity index is 423. The van der Waals surface area contributed by atoms with Crippen LogP contribution in [0.3, 0.4) is 0 Å². The van der Waals surface area contributed by atoms with Gasteiger partial charge in [0.15, 0.2) is 0 Å². The van der Waals surface area contributed by atoms with Crippen molar-refractivity contribution in [2.75, 3.05) is 32.2 Å². The molecular weight excluding hydrogens is 224 g/mol. The van der Waals surface area contributed by atoms with Gasteiger partial charge >= 0.3 is 5.97 Å². The van der Waals surface area contributed by atoms with Crippen LogP contribution in [0.15, 0.2) is 18.5 Å². The van der Waals surface area contributed by atoms with E-state index in [0.29, 0.717) is 13.1 Å². The average Bonchev–Trinajstić information content (AvgIpc) is 2.29. The number of rotatable bonds is 4. The van der Waals surface area contributed by atoms with Crippen LogP contribution in [0, 0.1) is 0 Å². The minimum Gasteiger partial charge on any atom is -0.478 e. The van der Waals surface area contributed by atoms with Crippen molar-refractivity contribution in [3.05, 3.63) is 24.0 Å². The summed E-state index contributed by atoms with van der Waals surface area (Å²) in [7, 11) is 3.18. The number of pyridine rings is 1. The van der Waals surface area contributed by atoms with Crippen LogP contribution in [0.25, 0.3) is 0 Å². The molecule has 1 N–H and O–H groups in total. The SMILES string of the molecule is COC1(OC)CN(c2cncc(C(=O)O)c2)C1. The van der Waals surface area contributed by atoms with Gasteiger partial charge in [-0.1, -0.05) is 0 Å². The zero-order valence-electron chi connectivity index (χ0n) is 9.71. The Morgan fingerprint density at radius 1 is 1.41 bits per heavy atom. The van der Waals surface area contributed by atoms with Crippen molar-refractivity contribution in [3.8, 4) is 0 Å². The summed E-state index contributed by atoms with van der Waals surface area (Å²) in [6.45, 7) is 1.12. The molecule has 0 saturated carbocycles. The summed E-state index contributed by atoms with van der Waals surface area (Å²) in [6, 6.07) is 1.59. The molecule has 0 aromatic carbocycles. The van der Waals surface area contributed by atoms with Gasteiger partial charge in [0.1, 0.15) is 0 Å². The Hall–Kier alpha value is -1.66. The summed E-state index contributed by atoms with van der Waals surface area (Å²) in [4.78, 5) is 16.7. The summed E-state index contributed by atoms with van der Waals surface area (Å²) >= 11 is 0. The maximum Gasteiger partial charge on any atom is 0.337 e. The van der Waals surface area contributed by atoms with Crippen LogP contribution in [0.4, 0.5) is 5.69 Å². The van der Waals surface area contributed by atoms with E-state index in [9.17, 15) is 4.79 Å². The first-order valence-corrected chi connectivity index (χ1v) is 5.14. The predicted octanol–water partition coefficient (Wildman–Crippen LogP) is 0.589. The standard InChI is InChI=1S/C11H14N2O4/c1-16-11(17-2)6-13(7-11)9-3-8(10(14)15)4-12-5-9/h3-5H,6-7H2,1-2H3,(H,14,15). The van der Waals surface area contributed by atoms with Gasteiger partial charge in [0.2, 0.25) is 5.79 Å². The molecule has 0 atom stereocenters. The molecular formula is C11H14N2O4. The lowest BCUT2D eigenvalue weighted by Crippen LogP contribution is -2.64. The highest BCUT2D eigenvalue weighted by Crippen LogP contribution is 2.30. The lowest BCUT2D eigenvalue weighted by molar-refractivity contribution is -0.219. The molecule has 0 unspecified atom stereocenters. The number of ether oxygens (including phenoxy) is 2. The molecule has 0 amide bonds. The van der Waals surface area contributed by atoms with Crippen LogP contribution in [-0.4, -0.2) is 49.2 Å². The molecule has 0 bridgehead atoms. The number of nitrogens with zero attached hydrogens (tertiary/aromatic N) is 2. The summed E-state index contributed by atoms with van der Waals surface area (Å²) in [5, 5.41) is 8.87. The van der Waals surface area contributed by atoms with Gasteiger partial charge in [0.05, 0.1) is 30.5 Å². The number of carboxylic acid groups (broad SMARTS) is 1. The highest BCUT2D eigenvalue weighted by molar-refractivity contribution is 5.88. The fourth-order valence-corrected chi connectivity index (χ4v) is 1.78. The van der Waals surface area contributed by atoms with Crippen LogP contribution in [0.1, 0.15) is 10.4 Å². The van der Waals surface area contributed by atoms with Gasteiger partial charge in [-0.2, -0.15) is 0 Å². The van der Waals surface area contributed by atoms with E-state index in [2.05, 4.69) is 4.98 Å². The molecule has 17 heavy (non-hydrogen) atoms. The molecule has 2 heterocycles. The van der Waals surface area contributed by atoms with Gasteiger partial charge in [0, 0.05) is 20.4 Å². The number of methoxy groups -OCH3 is 2. The first kappa shape index (κ1) is 11.8. The highest BCUT2D eigenvalue weighted by atomic mass is 16.7. The summed E-state index contributed by atoms with van der Waals surface area (Å²) in [6.07, 6.45) is 2.95. The van der Waals surface area contributed by atoms with E-state index in [1.54, 1.807) is 26.5 Å². The van der Waals surface area contributed by atoms with E-state index in [1.165, 1.54) is 6.20 Å². The highest BCUT2D eigenvalue weighted by Gasteiger charge is 2.44. The van der Waals surface area contributed by atoms with Gasteiger partial charge in [-0.25, -0.2) is 4.79 Å². The molecule has 0 spiro atoms. The first-order chi connectivity index (χ1) is 8.10. The summed E-state index contributed by atoms with van der Waals surface area (Å²) < 4.78 is 10.5. The molecule has 1 aromatic rings. The number of hydrogen-bond donors (Lipinski definition) is 1. The quantitative estimate of drug-likeness (QED) is 0.774. The van der Waals surface area contributed by atoms with Crippen LogP contribution >= 0.6 is 0 Å². The van der Waals surface area contributed by atoms with E-state index >= 15 is 0 Å². The normalized spacial score (nSPS) is 17.6. The molecule has 0 aliphatic carbocycles. The number of anilines is 1. The monoisotopic (exact) mass is 238 g/mol. The van der Waals surface area contributed by atoms with E-state index < -0.39 is 11.8 Å². The second-order valence-corrected chi connectivity index (χ2v) is 3.91. The maximum atomic E-state index is 10.8. The topological polar surface area (TPSA) is 71.9 Å². The minimum absolute atomic E-state index is 0.176. The maximum absolute atomic E-state index is 10.8. The lowest BCUT2D eigenvalue weighted by atomic mass is 10.1. The van der Waals surface area contributed by atoms with Crippen molar-refractivity contribution in [1.82, 2.24) is 4.98 Å². The number of aromatic nitrogens is 1. The average molecular weight is 238 g/mol. The van der Waals surface area contributed by atoms with E-state index in [4.69, 9.17) is 14.6 Å². The van der Waals surface area contributed by atoms with Crippen LogP contribution in [0.2, 0.25) is 0 Å². The Morgan fingerprint density at radius 3 is 2.59 bits per heavy atom. The lowest BCUT2D eigenvalue weighted by Gasteiger charge is -2.48. The zero-order chi connectivity index (χ0) is 12.5. The second kappa shape index (κ2) is 4.31. The number of carboxylic acids is 1. The molecule has 1 saturated heterocycles. The van der Waals surface area contributed by atoms with Crippen molar-refractivity contribution >= 4 is 11.7 Å². The van der Waals surface area contributed by atoms with E-state index in [0.717, 1.165) is 5.69 Å². The molecule has 1 aliphatic rings. The summed E-state index contributed by atoms with van der Waals surface area (Å²) in [5.74, 6) is -1.57. The Labute approximate surface area is 98.8 Å². The fourth-order valence-electron chi connectivity index (χ4n) is 1.78. The Morgan fingerprint density at radius 2 is 2.06 bits per heavy atom. The Balaban J connectivity index is 2.11. The van der Waals surface area contributed by atoms with Gasteiger partial charge in [0.25, 0.3) is 0 Å². The van der Waals surface area contributed by atoms with Crippen molar-refractivity contribution in [2.45, 2.75) is 5.79 Å². The van der Waals surface area contributed by atoms with Gasteiger partial charge in [-0.05, 0) is 6.07 Å². The first-order valence-electron chi connectivity index (χ1n) is 5.14. The molecule has 0 radical (unpaired) electrons. The van der Waals surface area contributed by atoms with Crippen LogP contribution in [0.5, 0.6) is 0 Å². The zero-order valence-corrected chi connectivity index (χ0v) is 9.71. The van der Waals surface area contributed by atoms with Crippen LogP contribution in [-0.2, 0) is 9.47 Å². The molecule has 1 aliphatic heterocycles. The fraction of sp³-hybridized carbons (Fsp3) is 0.455. The van der Waals surface area contributed by atoms with Crippen molar-refractivity contribution < 1.29 is 19.4 Å². The Kier molecular flexibility index (Phi) is 2.99. The van der Waals surface area contributed by atoms with Crippen molar-refractivity contribution in [1.29, 1.82) is 0 Å². The third-order valence-electron chi connectivity index (χ3n) is 2.94. The smallest absolute Gasteiger partial charge is 0.337 e. The molecule has 2 rings (SSSR count). The second-order valence-electron chi connectivity index (χ2n) is 3.91. The number of carbonyl (C=O) groups is 1. The van der Waals surface area contributed by atoms with E-state index in [-0.39, 0.29) is 5.56 Å². The van der Waals surface area contributed by atoms with Crippen molar-refractivity contribution in [3.63, 3.8) is 0 Å². The summed E-state index contributed by atoms with van der Waals surface area (Å²) in [5.41, 5.74) is 0.935. The molecule has 6 nitrogen and oxygen atoms in total. The van der Waals surface area contributed by atoms with Crippen molar-refractivity contribution in [2.24, 2.45) is 0 Å². The third kappa shape index (κ3) is 2.09. The van der Waals surface area contributed by atoms with E-state index in [1.807, 2.05) is 4.90 Å². The van der Waals surface area contributed by atoms with Crippen LogP contribution < -0.4 is 4.90 Å². The molecule has 1 fully saturated rings. The molecule has 1 aromatic heterocycles. The van der Waals surface area contributed by atoms with Gasteiger partial charge < -0.3 is 19.5 Å². The molecule has 92 valence electrons. The predicted molar refractivity (Wildman–Crippen MR) is 60.2 cm³/mol. The third-order valence-corrected chi connectivity index (χ3v) is 2.94. The number of aromatic carboxylic acids is 1. The minimum atomic E-state index is -0.982.